The number of rotatable bonds is 1. The van der Waals surface area contributed by atoms with Gasteiger partial charge >= 0.3 is 5.69 Å². The van der Waals surface area contributed by atoms with Crippen molar-refractivity contribution in [3.05, 3.63) is 34.9 Å². The Morgan fingerprint density at radius 2 is 2.24 bits per heavy atom. The molecule has 0 aliphatic rings. The molecular weight excluding hydrogens is 218 g/mol. The number of hydrogen-bond donors (Lipinski definition) is 3. The number of H-pyrrole nitrogens is 2. The van der Waals surface area contributed by atoms with Crippen molar-refractivity contribution >= 4 is 16.9 Å². The lowest BCUT2D eigenvalue weighted by molar-refractivity contribution is 0.891. The number of aryl methyl sites for hydroxylation is 1. The molecule has 0 saturated heterocycles. The van der Waals surface area contributed by atoms with Gasteiger partial charge in [-0.05, 0) is 17.7 Å². The summed E-state index contributed by atoms with van der Waals surface area (Å²) >= 11 is 0. The number of aromatic amines is 2. The van der Waals surface area contributed by atoms with Gasteiger partial charge in [0.1, 0.15) is 5.82 Å². The second-order valence-electron chi connectivity index (χ2n) is 3.92. The van der Waals surface area contributed by atoms with E-state index in [9.17, 15) is 4.79 Å². The van der Waals surface area contributed by atoms with E-state index >= 15 is 0 Å². The van der Waals surface area contributed by atoms with Crippen LogP contribution in [-0.4, -0.2) is 19.7 Å². The van der Waals surface area contributed by atoms with E-state index in [1.54, 1.807) is 17.8 Å². The summed E-state index contributed by atoms with van der Waals surface area (Å²) in [5.41, 5.74) is 9.03. The molecule has 17 heavy (non-hydrogen) atoms. The number of aromatic nitrogens is 4. The van der Waals surface area contributed by atoms with Crippen molar-refractivity contribution in [2.75, 3.05) is 5.73 Å². The van der Waals surface area contributed by atoms with Crippen molar-refractivity contribution in [3.63, 3.8) is 0 Å². The third-order valence-corrected chi connectivity index (χ3v) is 2.88. The Morgan fingerprint density at radius 1 is 1.41 bits per heavy atom. The van der Waals surface area contributed by atoms with Crippen LogP contribution in [0.2, 0.25) is 0 Å². The molecule has 0 spiro atoms. The van der Waals surface area contributed by atoms with E-state index < -0.39 is 0 Å². The first-order valence-electron chi connectivity index (χ1n) is 5.15. The fraction of sp³-hybridized carbons (Fsp3) is 0.0909. The molecule has 2 heterocycles. The zero-order valence-electron chi connectivity index (χ0n) is 9.19. The van der Waals surface area contributed by atoms with E-state index in [1.807, 2.05) is 18.2 Å². The minimum Gasteiger partial charge on any atom is -0.384 e. The van der Waals surface area contributed by atoms with Crippen molar-refractivity contribution < 1.29 is 0 Å². The smallest absolute Gasteiger partial charge is 0.326 e. The summed E-state index contributed by atoms with van der Waals surface area (Å²) in [6.45, 7) is 0. The lowest BCUT2D eigenvalue weighted by Gasteiger charge is -2.00. The summed E-state index contributed by atoms with van der Waals surface area (Å²) in [6.07, 6.45) is 1.66. The number of anilines is 1. The highest BCUT2D eigenvalue weighted by atomic mass is 16.1. The van der Waals surface area contributed by atoms with E-state index in [-0.39, 0.29) is 5.69 Å². The number of nitrogens with two attached hydrogens (primary N) is 1. The number of imidazole rings is 1. The first-order chi connectivity index (χ1) is 8.16. The molecule has 0 fully saturated rings. The Labute approximate surface area is 96.1 Å². The fourth-order valence-electron chi connectivity index (χ4n) is 1.93. The van der Waals surface area contributed by atoms with Crippen LogP contribution < -0.4 is 11.4 Å². The van der Waals surface area contributed by atoms with Crippen molar-refractivity contribution in [1.29, 1.82) is 0 Å². The lowest BCUT2D eigenvalue weighted by atomic mass is 10.1. The number of nitrogen functional groups attached to an aromatic ring is 1. The minimum atomic E-state index is -0.127. The van der Waals surface area contributed by atoms with Gasteiger partial charge in [0.25, 0.3) is 0 Å². The predicted octanol–water partition coefficient (Wildman–Crippen LogP) is 0.839. The van der Waals surface area contributed by atoms with Crippen LogP contribution >= 0.6 is 0 Å². The van der Waals surface area contributed by atoms with E-state index in [0.29, 0.717) is 5.82 Å². The van der Waals surface area contributed by atoms with Gasteiger partial charge in [0.05, 0.1) is 17.2 Å². The Balaban J connectivity index is 2.27. The number of fused-ring (bicyclic) bond motifs is 1. The number of benzene rings is 1. The third-order valence-electron chi connectivity index (χ3n) is 2.88. The van der Waals surface area contributed by atoms with Crippen LogP contribution in [0.4, 0.5) is 5.82 Å². The normalized spacial score (nSPS) is 11.1. The lowest BCUT2D eigenvalue weighted by Crippen LogP contribution is -2.11. The predicted molar refractivity (Wildman–Crippen MR) is 65.5 cm³/mol. The molecule has 6 heteroatoms. The molecular formula is C11H11N5O. The van der Waals surface area contributed by atoms with Gasteiger partial charge in [-0.15, -0.1) is 0 Å². The first kappa shape index (κ1) is 9.71. The van der Waals surface area contributed by atoms with Crippen LogP contribution in [0.1, 0.15) is 0 Å². The first-order valence-corrected chi connectivity index (χ1v) is 5.15. The molecule has 6 nitrogen and oxygen atoms in total. The molecule has 0 amide bonds. The van der Waals surface area contributed by atoms with Gasteiger partial charge in [0, 0.05) is 12.6 Å². The highest BCUT2D eigenvalue weighted by Crippen LogP contribution is 2.25. The summed E-state index contributed by atoms with van der Waals surface area (Å²) in [4.78, 5) is 14.3. The van der Waals surface area contributed by atoms with Crippen molar-refractivity contribution in [2.24, 2.45) is 7.05 Å². The number of nitrogens with zero attached hydrogens (tertiary/aromatic N) is 2. The molecule has 86 valence electrons. The molecule has 0 atom stereocenters. The fourth-order valence-corrected chi connectivity index (χ4v) is 1.93. The Hall–Kier alpha value is -2.50. The van der Waals surface area contributed by atoms with Crippen molar-refractivity contribution in [1.82, 2.24) is 19.7 Å². The Bertz CT molecular complexity index is 749. The standard InChI is InChI=1S/C11H11N5O/c1-16-9-3-2-6(4-8(9)14-11(16)17)7-5-13-15-10(7)12/h2-5H,1H3,(H,14,17)(H3,12,13,15). The largest absolute Gasteiger partial charge is 0.384 e. The van der Waals surface area contributed by atoms with Crippen molar-refractivity contribution in [3.8, 4) is 11.1 Å². The molecule has 4 N–H and O–H groups in total. The van der Waals surface area contributed by atoms with Crippen LogP contribution in [0, 0.1) is 0 Å². The summed E-state index contributed by atoms with van der Waals surface area (Å²) in [6, 6.07) is 5.68. The average molecular weight is 229 g/mol. The maximum absolute atomic E-state index is 11.5. The van der Waals surface area contributed by atoms with Gasteiger partial charge < -0.3 is 10.7 Å². The number of hydrogen-bond acceptors (Lipinski definition) is 3. The second-order valence-corrected chi connectivity index (χ2v) is 3.92. The minimum absolute atomic E-state index is 0.127. The maximum atomic E-state index is 11.5. The maximum Gasteiger partial charge on any atom is 0.326 e. The van der Waals surface area contributed by atoms with Crippen LogP contribution in [-0.2, 0) is 7.05 Å². The zero-order chi connectivity index (χ0) is 12.0. The topological polar surface area (TPSA) is 92.5 Å². The Morgan fingerprint density at radius 3 is 2.94 bits per heavy atom. The van der Waals surface area contributed by atoms with Crippen LogP contribution in [0.25, 0.3) is 22.2 Å². The second kappa shape index (κ2) is 3.24. The molecule has 2 aromatic heterocycles. The molecule has 0 saturated carbocycles. The van der Waals surface area contributed by atoms with Crippen LogP contribution in [0.3, 0.4) is 0 Å². The monoisotopic (exact) mass is 229 g/mol. The highest BCUT2D eigenvalue weighted by molar-refractivity contribution is 5.84. The molecule has 3 aromatic rings. The average Bonchev–Trinajstić information content (AvgIpc) is 2.84. The van der Waals surface area contributed by atoms with Crippen LogP contribution in [0.5, 0.6) is 0 Å². The Kier molecular flexibility index (Phi) is 1.85. The van der Waals surface area contributed by atoms with Gasteiger partial charge in [0.2, 0.25) is 0 Å². The van der Waals surface area contributed by atoms with Gasteiger partial charge in [-0.1, -0.05) is 6.07 Å². The zero-order valence-corrected chi connectivity index (χ0v) is 9.19. The quantitative estimate of drug-likeness (QED) is 0.577. The van der Waals surface area contributed by atoms with Gasteiger partial charge in [-0.2, -0.15) is 5.10 Å². The highest BCUT2D eigenvalue weighted by Gasteiger charge is 2.08. The summed E-state index contributed by atoms with van der Waals surface area (Å²) in [5, 5.41) is 6.56. The van der Waals surface area contributed by atoms with E-state index in [4.69, 9.17) is 5.73 Å². The molecule has 0 aliphatic carbocycles. The van der Waals surface area contributed by atoms with Gasteiger partial charge in [-0.3, -0.25) is 9.67 Å². The third kappa shape index (κ3) is 1.34. The van der Waals surface area contributed by atoms with E-state index in [1.165, 1.54) is 0 Å². The molecule has 0 bridgehead atoms. The SMILES string of the molecule is Cn1c(=O)[nH]c2cc(-c3cn[nH]c3N)ccc21. The van der Waals surface area contributed by atoms with E-state index in [0.717, 1.165) is 22.2 Å². The number of nitrogens with one attached hydrogen (secondary N) is 2. The van der Waals surface area contributed by atoms with E-state index in [2.05, 4.69) is 15.2 Å². The van der Waals surface area contributed by atoms with Crippen LogP contribution in [0.15, 0.2) is 29.2 Å². The summed E-state index contributed by atoms with van der Waals surface area (Å²) in [7, 11) is 1.73. The molecule has 0 unspecified atom stereocenters. The van der Waals surface area contributed by atoms with Gasteiger partial charge in [-0.25, -0.2) is 4.79 Å². The summed E-state index contributed by atoms with van der Waals surface area (Å²) < 4.78 is 1.57. The summed E-state index contributed by atoms with van der Waals surface area (Å²) in [5.74, 6) is 0.516. The van der Waals surface area contributed by atoms with Gasteiger partial charge in [0.15, 0.2) is 0 Å². The molecule has 0 aliphatic heterocycles. The van der Waals surface area contributed by atoms with Crippen molar-refractivity contribution in [2.45, 2.75) is 0 Å². The molecule has 0 radical (unpaired) electrons. The molecule has 1 aromatic carbocycles. The molecule has 3 rings (SSSR count).